The van der Waals surface area contributed by atoms with E-state index >= 15 is 0 Å². The first-order valence-corrected chi connectivity index (χ1v) is 13.3. The van der Waals surface area contributed by atoms with Gasteiger partial charge >= 0.3 is 0 Å². The third kappa shape index (κ3) is 6.16. The molecule has 0 radical (unpaired) electrons. The van der Waals surface area contributed by atoms with E-state index in [2.05, 4.69) is 17.1 Å². The molecule has 2 saturated heterocycles. The summed E-state index contributed by atoms with van der Waals surface area (Å²) in [6.07, 6.45) is 1.74. The van der Waals surface area contributed by atoms with Gasteiger partial charge in [0.05, 0.1) is 16.4 Å². The molecule has 0 atom stereocenters. The molecule has 11 heteroatoms. The number of sulfonamides is 1. The van der Waals surface area contributed by atoms with Gasteiger partial charge in [-0.25, -0.2) is 8.42 Å². The number of piperazine rings is 1. The third-order valence-corrected chi connectivity index (χ3v) is 8.60. The number of nitrogens with zero attached hydrogens (tertiary/aromatic N) is 4. The highest BCUT2D eigenvalue weighted by Crippen LogP contribution is 2.24. The fraction of sp³-hybridized carbons (Fsp3) is 0.458. The van der Waals surface area contributed by atoms with Crippen molar-refractivity contribution in [3.8, 4) is 0 Å². The maximum Gasteiger partial charge on any atom is 0.269 e. The summed E-state index contributed by atoms with van der Waals surface area (Å²) in [5.74, 6) is 0.388. The molecule has 0 saturated carbocycles. The number of nitro benzene ring substituents is 1. The SMILES string of the molecule is CC1CCN(S(=O)(=O)c2ccc(NC(=O)CN3CCN(c4ccc([N+](=O)[O-])cc4)CC3)cc2)CC1. The fourth-order valence-electron chi connectivity index (χ4n) is 4.44. The Hall–Kier alpha value is -3.02. The molecule has 35 heavy (non-hydrogen) atoms. The summed E-state index contributed by atoms with van der Waals surface area (Å²) >= 11 is 0. The lowest BCUT2D eigenvalue weighted by Crippen LogP contribution is -2.48. The number of piperidine rings is 1. The average Bonchev–Trinajstić information content (AvgIpc) is 2.85. The Morgan fingerprint density at radius 3 is 2.14 bits per heavy atom. The minimum Gasteiger partial charge on any atom is -0.369 e. The number of benzene rings is 2. The molecule has 2 aromatic rings. The lowest BCUT2D eigenvalue weighted by atomic mass is 10.0. The minimum absolute atomic E-state index is 0.0656. The van der Waals surface area contributed by atoms with Crippen LogP contribution in [0.15, 0.2) is 53.4 Å². The van der Waals surface area contributed by atoms with Gasteiger partial charge < -0.3 is 10.2 Å². The summed E-state index contributed by atoms with van der Waals surface area (Å²) in [6, 6.07) is 12.8. The molecule has 1 N–H and O–H groups in total. The molecule has 2 aliphatic rings. The average molecular weight is 502 g/mol. The molecular weight excluding hydrogens is 470 g/mol. The first-order chi connectivity index (χ1) is 16.7. The highest BCUT2D eigenvalue weighted by Gasteiger charge is 2.28. The third-order valence-electron chi connectivity index (χ3n) is 6.68. The molecule has 0 bridgehead atoms. The van der Waals surface area contributed by atoms with E-state index in [4.69, 9.17) is 0 Å². The van der Waals surface area contributed by atoms with Gasteiger partial charge in [-0.2, -0.15) is 4.31 Å². The van der Waals surface area contributed by atoms with Crippen LogP contribution in [0.4, 0.5) is 17.1 Å². The molecule has 0 unspecified atom stereocenters. The molecule has 4 rings (SSSR count). The van der Waals surface area contributed by atoms with Crippen molar-refractivity contribution in [1.82, 2.24) is 9.21 Å². The van der Waals surface area contributed by atoms with Crippen LogP contribution in [0.1, 0.15) is 19.8 Å². The molecule has 2 fully saturated rings. The summed E-state index contributed by atoms with van der Waals surface area (Å²) in [7, 11) is -3.51. The molecule has 0 aliphatic carbocycles. The lowest BCUT2D eigenvalue weighted by molar-refractivity contribution is -0.384. The summed E-state index contributed by atoms with van der Waals surface area (Å²) in [5.41, 5.74) is 1.55. The van der Waals surface area contributed by atoms with Gasteiger partial charge in [0.15, 0.2) is 0 Å². The number of nitrogens with one attached hydrogen (secondary N) is 1. The van der Waals surface area contributed by atoms with Crippen molar-refractivity contribution in [3.63, 3.8) is 0 Å². The van der Waals surface area contributed by atoms with Crippen LogP contribution in [0.2, 0.25) is 0 Å². The summed E-state index contributed by atoms with van der Waals surface area (Å²) in [4.78, 5) is 27.4. The van der Waals surface area contributed by atoms with Crippen molar-refractivity contribution in [3.05, 3.63) is 58.6 Å². The lowest BCUT2D eigenvalue weighted by Gasteiger charge is -2.35. The van der Waals surface area contributed by atoms with E-state index in [0.29, 0.717) is 50.9 Å². The smallest absolute Gasteiger partial charge is 0.269 e. The number of rotatable bonds is 7. The van der Waals surface area contributed by atoms with Crippen molar-refractivity contribution in [2.24, 2.45) is 5.92 Å². The second-order valence-corrected chi connectivity index (χ2v) is 11.1. The number of non-ortho nitro benzene ring substituents is 1. The van der Waals surface area contributed by atoms with Gasteiger partial charge in [0.25, 0.3) is 5.69 Å². The van der Waals surface area contributed by atoms with Crippen LogP contribution < -0.4 is 10.2 Å². The Bertz CT molecular complexity index is 1140. The van der Waals surface area contributed by atoms with Crippen LogP contribution in [0.3, 0.4) is 0 Å². The van der Waals surface area contributed by atoms with E-state index in [0.717, 1.165) is 18.5 Å². The van der Waals surface area contributed by atoms with Crippen molar-refractivity contribution in [2.75, 3.05) is 56.0 Å². The van der Waals surface area contributed by atoms with Gasteiger partial charge in [0.1, 0.15) is 0 Å². The van der Waals surface area contributed by atoms with Crippen molar-refractivity contribution >= 4 is 33.0 Å². The Balaban J connectivity index is 1.26. The van der Waals surface area contributed by atoms with Gasteiger partial charge in [-0.15, -0.1) is 0 Å². The summed E-state index contributed by atoms with van der Waals surface area (Å²) in [5, 5.41) is 13.7. The Morgan fingerprint density at radius 2 is 1.57 bits per heavy atom. The first-order valence-electron chi connectivity index (χ1n) is 11.8. The van der Waals surface area contributed by atoms with Gasteiger partial charge in [-0.05, 0) is 55.2 Å². The molecule has 188 valence electrons. The van der Waals surface area contributed by atoms with Crippen LogP contribution in [-0.2, 0) is 14.8 Å². The van der Waals surface area contributed by atoms with E-state index in [1.165, 1.54) is 16.4 Å². The summed E-state index contributed by atoms with van der Waals surface area (Å²) in [6.45, 7) is 6.27. The highest BCUT2D eigenvalue weighted by molar-refractivity contribution is 7.89. The highest BCUT2D eigenvalue weighted by atomic mass is 32.2. The molecule has 0 aromatic heterocycles. The van der Waals surface area contributed by atoms with Gasteiger partial charge in [-0.3, -0.25) is 19.8 Å². The van der Waals surface area contributed by atoms with Crippen molar-refractivity contribution in [1.29, 1.82) is 0 Å². The second-order valence-electron chi connectivity index (χ2n) is 9.20. The van der Waals surface area contributed by atoms with Crippen LogP contribution in [0.25, 0.3) is 0 Å². The zero-order chi connectivity index (χ0) is 25.0. The first kappa shape index (κ1) is 25.1. The zero-order valence-electron chi connectivity index (χ0n) is 19.8. The van der Waals surface area contributed by atoms with Crippen molar-refractivity contribution in [2.45, 2.75) is 24.7 Å². The normalized spacial score (nSPS) is 18.4. The van der Waals surface area contributed by atoms with Gasteiger partial charge in [0.2, 0.25) is 15.9 Å². The van der Waals surface area contributed by atoms with Crippen LogP contribution in [-0.4, -0.2) is 74.3 Å². The Kier molecular flexibility index (Phi) is 7.68. The van der Waals surface area contributed by atoms with Crippen LogP contribution in [0.5, 0.6) is 0 Å². The van der Waals surface area contributed by atoms with E-state index in [1.54, 1.807) is 36.4 Å². The molecule has 2 aliphatic heterocycles. The number of hydrogen-bond acceptors (Lipinski definition) is 7. The maximum atomic E-state index is 12.9. The monoisotopic (exact) mass is 501 g/mol. The standard InChI is InChI=1S/C24H31N5O5S/c1-19-10-12-28(13-11-19)35(33,34)23-8-2-20(3-9-23)25-24(30)18-26-14-16-27(17-15-26)21-4-6-22(7-5-21)29(31)32/h2-9,19H,10-18H2,1H3,(H,25,30). The minimum atomic E-state index is -3.51. The van der Waals surface area contributed by atoms with Crippen molar-refractivity contribution < 1.29 is 18.1 Å². The molecule has 0 spiro atoms. The molecular formula is C24H31N5O5S. The number of amides is 1. The van der Waals surface area contributed by atoms with Crippen LogP contribution in [0, 0.1) is 16.0 Å². The van der Waals surface area contributed by atoms with Gasteiger partial charge in [-0.1, -0.05) is 6.92 Å². The molecule has 10 nitrogen and oxygen atoms in total. The number of hydrogen-bond donors (Lipinski definition) is 1. The van der Waals surface area contributed by atoms with E-state index < -0.39 is 14.9 Å². The van der Waals surface area contributed by atoms with E-state index in [9.17, 15) is 23.3 Å². The topological polar surface area (TPSA) is 116 Å². The number of carbonyl (C=O) groups excluding carboxylic acids is 1. The Morgan fingerprint density at radius 1 is 0.971 bits per heavy atom. The fourth-order valence-corrected chi connectivity index (χ4v) is 5.91. The van der Waals surface area contributed by atoms with Gasteiger partial charge in [0, 0.05) is 62.8 Å². The zero-order valence-corrected chi connectivity index (χ0v) is 20.6. The van der Waals surface area contributed by atoms with E-state index in [-0.39, 0.29) is 23.0 Å². The quantitative estimate of drug-likeness (QED) is 0.458. The number of carbonyl (C=O) groups is 1. The number of anilines is 2. The maximum absolute atomic E-state index is 12.9. The van der Waals surface area contributed by atoms with Crippen LogP contribution >= 0.6 is 0 Å². The largest absolute Gasteiger partial charge is 0.369 e. The number of nitro groups is 1. The predicted molar refractivity (Wildman–Crippen MR) is 134 cm³/mol. The molecule has 2 heterocycles. The summed E-state index contributed by atoms with van der Waals surface area (Å²) < 4.78 is 27.3. The second kappa shape index (κ2) is 10.7. The predicted octanol–water partition coefficient (Wildman–Crippen LogP) is 2.78. The Labute approximate surface area is 205 Å². The molecule has 1 amide bonds. The molecule has 2 aromatic carbocycles. The van der Waals surface area contributed by atoms with E-state index in [1.807, 2.05) is 4.90 Å².